The summed E-state index contributed by atoms with van der Waals surface area (Å²) in [6.45, 7) is 0. The van der Waals surface area contributed by atoms with Crippen molar-refractivity contribution in [1.82, 2.24) is 19.7 Å². The number of nitrogen functional groups attached to an aromatic ring is 1. The van der Waals surface area contributed by atoms with E-state index in [9.17, 15) is 18.3 Å². The van der Waals surface area contributed by atoms with Crippen molar-refractivity contribution in [3.05, 3.63) is 36.2 Å². The van der Waals surface area contributed by atoms with Gasteiger partial charge in [-0.2, -0.15) is 13.2 Å². The summed E-state index contributed by atoms with van der Waals surface area (Å²) in [5, 5.41) is 14.2. The first kappa shape index (κ1) is 16.6. The van der Waals surface area contributed by atoms with Gasteiger partial charge in [-0.3, -0.25) is 0 Å². The lowest BCUT2D eigenvalue weighted by atomic mass is 9.90. The highest BCUT2D eigenvalue weighted by Gasteiger charge is 2.33. The number of aromatic nitrogens is 4. The molecule has 0 bridgehead atoms. The molecule has 0 aliphatic heterocycles. The minimum atomic E-state index is -4.48. The third-order valence-electron chi connectivity index (χ3n) is 4.30. The first-order valence-corrected chi connectivity index (χ1v) is 7.85. The fourth-order valence-corrected chi connectivity index (χ4v) is 2.90. The molecule has 26 heavy (non-hydrogen) atoms. The molecule has 0 radical (unpaired) electrons. The molecule has 4 rings (SSSR count). The van der Waals surface area contributed by atoms with E-state index in [0.717, 1.165) is 12.1 Å². The van der Waals surface area contributed by atoms with Crippen LogP contribution in [-0.2, 0) is 6.18 Å². The summed E-state index contributed by atoms with van der Waals surface area (Å²) in [5.41, 5.74) is 5.48. The third kappa shape index (κ3) is 2.81. The topological polar surface area (TPSA) is 99.1 Å². The number of hydrogen-bond donors (Lipinski definition) is 2. The number of anilines is 1. The molecule has 7 nitrogen and oxygen atoms in total. The first-order valence-electron chi connectivity index (χ1n) is 7.85. The first-order chi connectivity index (χ1) is 12.3. The van der Waals surface area contributed by atoms with Gasteiger partial charge in [0.1, 0.15) is 23.3 Å². The van der Waals surface area contributed by atoms with E-state index >= 15 is 0 Å². The molecule has 2 heterocycles. The van der Waals surface area contributed by atoms with Crippen LogP contribution in [0.15, 0.2) is 30.6 Å². The molecule has 1 aliphatic rings. The van der Waals surface area contributed by atoms with Gasteiger partial charge in [0.25, 0.3) is 5.88 Å². The average Bonchev–Trinajstić information content (AvgIpc) is 2.91. The number of rotatable bonds is 3. The lowest BCUT2D eigenvalue weighted by Gasteiger charge is -2.31. The van der Waals surface area contributed by atoms with Gasteiger partial charge in [0, 0.05) is 0 Å². The van der Waals surface area contributed by atoms with E-state index in [1.807, 2.05) is 0 Å². The molecule has 0 saturated heterocycles. The standard InChI is InChI=1S/C16H14F3N5O2/c17-16(18,19)8-2-1-3-11(4-8)26-15-12-13(20)21-7-22-14(12)24(23-15)9-5-10(25)6-9/h1-4,7,9-10,25H,5-6H2,(H2,20,21,22). The highest BCUT2D eigenvalue weighted by molar-refractivity contribution is 5.90. The predicted molar refractivity (Wildman–Crippen MR) is 85.5 cm³/mol. The second-order valence-electron chi connectivity index (χ2n) is 6.11. The minimum Gasteiger partial charge on any atom is -0.437 e. The number of benzene rings is 1. The van der Waals surface area contributed by atoms with E-state index < -0.39 is 17.8 Å². The third-order valence-corrected chi connectivity index (χ3v) is 4.30. The zero-order valence-corrected chi connectivity index (χ0v) is 13.3. The highest BCUT2D eigenvalue weighted by Crippen LogP contribution is 2.39. The van der Waals surface area contributed by atoms with Crippen LogP contribution in [0.5, 0.6) is 11.6 Å². The molecule has 1 aromatic carbocycles. The molecule has 2 aromatic heterocycles. The number of alkyl halides is 3. The van der Waals surface area contributed by atoms with Crippen LogP contribution >= 0.6 is 0 Å². The Kier molecular flexibility index (Phi) is 3.72. The number of aliphatic hydroxyl groups is 1. The molecular weight excluding hydrogens is 351 g/mol. The molecule has 0 atom stereocenters. The number of fused-ring (bicyclic) bond motifs is 1. The Hall–Kier alpha value is -2.88. The van der Waals surface area contributed by atoms with Crippen LogP contribution in [0.4, 0.5) is 19.0 Å². The summed E-state index contributed by atoms with van der Waals surface area (Å²) in [4.78, 5) is 8.06. The smallest absolute Gasteiger partial charge is 0.416 e. The monoisotopic (exact) mass is 365 g/mol. The van der Waals surface area contributed by atoms with Crippen molar-refractivity contribution in [2.75, 3.05) is 5.73 Å². The molecule has 1 fully saturated rings. The molecule has 3 N–H and O–H groups in total. The molecule has 0 spiro atoms. The normalized spacial score (nSPS) is 20.2. The van der Waals surface area contributed by atoms with E-state index in [1.54, 1.807) is 4.68 Å². The van der Waals surface area contributed by atoms with Crippen molar-refractivity contribution < 1.29 is 23.0 Å². The van der Waals surface area contributed by atoms with Crippen molar-refractivity contribution in [1.29, 1.82) is 0 Å². The van der Waals surface area contributed by atoms with Crippen molar-refractivity contribution >= 4 is 16.9 Å². The lowest BCUT2D eigenvalue weighted by molar-refractivity contribution is -0.137. The Morgan fingerprint density at radius 3 is 2.69 bits per heavy atom. The van der Waals surface area contributed by atoms with E-state index in [0.29, 0.717) is 23.9 Å². The zero-order valence-electron chi connectivity index (χ0n) is 13.3. The van der Waals surface area contributed by atoms with E-state index in [1.165, 1.54) is 18.5 Å². The van der Waals surface area contributed by atoms with Crippen LogP contribution in [0.1, 0.15) is 24.4 Å². The van der Waals surface area contributed by atoms with Gasteiger partial charge < -0.3 is 15.6 Å². The summed E-state index contributed by atoms with van der Waals surface area (Å²) in [5.74, 6) is 0.116. The van der Waals surface area contributed by atoms with Crippen molar-refractivity contribution in [3.8, 4) is 11.6 Å². The molecule has 0 unspecified atom stereocenters. The van der Waals surface area contributed by atoms with E-state index in [-0.39, 0.29) is 23.5 Å². The summed E-state index contributed by atoms with van der Waals surface area (Å²) in [6, 6.07) is 4.40. The summed E-state index contributed by atoms with van der Waals surface area (Å²) >= 11 is 0. The maximum Gasteiger partial charge on any atom is 0.416 e. The molecule has 3 aromatic rings. The lowest BCUT2D eigenvalue weighted by Crippen LogP contribution is -2.31. The Labute approximate surface area is 145 Å². The Bertz CT molecular complexity index is 966. The van der Waals surface area contributed by atoms with Gasteiger partial charge in [0.15, 0.2) is 5.65 Å². The van der Waals surface area contributed by atoms with Gasteiger partial charge in [-0.15, -0.1) is 5.10 Å². The number of nitrogens with zero attached hydrogens (tertiary/aromatic N) is 4. The quantitative estimate of drug-likeness (QED) is 0.740. The molecule has 1 saturated carbocycles. The number of nitrogens with two attached hydrogens (primary N) is 1. The molecule has 0 amide bonds. The molecular formula is C16H14F3N5O2. The van der Waals surface area contributed by atoms with Crippen LogP contribution in [0, 0.1) is 0 Å². The van der Waals surface area contributed by atoms with Crippen LogP contribution in [0.3, 0.4) is 0 Å². The summed E-state index contributed by atoms with van der Waals surface area (Å²) in [6.07, 6.45) is -2.61. The van der Waals surface area contributed by atoms with Gasteiger partial charge >= 0.3 is 6.18 Å². The Balaban J connectivity index is 1.75. The average molecular weight is 365 g/mol. The van der Waals surface area contributed by atoms with E-state index in [2.05, 4.69) is 15.1 Å². The SMILES string of the molecule is Nc1ncnc2c1c(Oc1cccc(C(F)(F)F)c1)nn2C1CC(O)C1. The zero-order chi connectivity index (χ0) is 18.5. The van der Waals surface area contributed by atoms with Crippen LogP contribution < -0.4 is 10.5 Å². The van der Waals surface area contributed by atoms with Crippen molar-refractivity contribution in [3.63, 3.8) is 0 Å². The Morgan fingerprint density at radius 2 is 2.00 bits per heavy atom. The predicted octanol–water partition coefficient (Wildman–Crippen LogP) is 2.92. The second kappa shape index (κ2) is 5.84. The molecule has 1 aliphatic carbocycles. The minimum absolute atomic E-state index is 0.0247. The van der Waals surface area contributed by atoms with Gasteiger partial charge in [-0.1, -0.05) is 6.07 Å². The van der Waals surface area contributed by atoms with Crippen molar-refractivity contribution in [2.45, 2.75) is 31.2 Å². The van der Waals surface area contributed by atoms with Gasteiger partial charge in [-0.25, -0.2) is 14.6 Å². The second-order valence-corrected chi connectivity index (χ2v) is 6.11. The Morgan fingerprint density at radius 1 is 1.23 bits per heavy atom. The maximum atomic E-state index is 12.9. The number of aliphatic hydroxyl groups excluding tert-OH is 1. The number of halogens is 3. The molecule has 10 heteroatoms. The fraction of sp³-hybridized carbons (Fsp3) is 0.312. The largest absolute Gasteiger partial charge is 0.437 e. The maximum absolute atomic E-state index is 12.9. The summed E-state index contributed by atoms with van der Waals surface area (Å²) < 4.78 is 45.8. The summed E-state index contributed by atoms with van der Waals surface area (Å²) in [7, 11) is 0. The number of hydrogen-bond acceptors (Lipinski definition) is 6. The van der Waals surface area contributed by atoms with Crippen LogP contribution in [0.25, 0.3) is 11.0 Å². The van der Waals surface area contributed by atoms with Gasteiger partial charge in [0.2, 0.25) is 0 Å². The highest BCUT2D eigenvalue weighted by atomic mass is 19.4. The molecule has 136 valence electrons. The van der Waals surface area contributed by atoms with Gasteiger partial charge in [-0.05, 0) is 31.0 Å². The van der Waals surface area contributed by atoms with Crippen LogP contribution in [0.2, 0.25) is 0 Å². The van der Waals surface area contributed by atoms with Crippen LogP contribution in [-0.4, -0.2) is 31.0 Å². The number of ether oxygens (including phenoxy) is 1. The fourth-order valence-electron chi connectivity index (χ4n) is 2.90. The van der Waals surface area contributed by atoms with E-state index in [4.69, 9.17) is 10.5 Å². The van der Waals surface area contributed by atoms with Crippen molar-refractivity contribution in [2.24, 2.45) is 0 Å². The van der Waals surface area contributed by atoms with Gasteiger partial charge in [0.05, 0.1) is 17.7 Å².